The minimum atomic E-state index is -0.548. The zero-order chi connectivity index (χ0) is 17.6. The summed E-state index contributed by atoms with van der Waals surface area (Å²) in [6.07, 6.45) is 7.42. The second-order valence-corrected chi connectivity index (χ2v) is 7.08. The fourth-order valence-electron chi connectivity index (χ4n) is 4.43. The van der Waals surface area contributed by atoms with Crippen LogP contribution in [0.1, 0.15) is 43.0 Å². The van der Waals surface area contributed by atoms with Crippen LogP contribution in [-0.2, 0) is 4.74 Å². The highest BCUT2D eigenvalue weighted by Gasteiger charge is 2.61. The predicted molar refractivity (Wildman–Crippen MR) is 91.7 cm³/mol. The molecule has 2 saturated carbocycles. The third-order valence-corrected chi connectivity index (χ3v) is 5.97. The van der Waals surface area contributed by atoms with Gasteiger partial charge in [-0.25, -0.2) is 4.39 Å². The van der Waals surface area contributed by atoms with E-state index < -0.39 is 5.82 Å². The van der Waals surface area contributed by atoms with E-state index in [-0.39, 0.29) is 29.0 Å². The Morgan fingerprint density at radius 3 is 2.60 bits per heavy atom. The van der Waals surface area contributed by atoms with Crippen molar-refractivity contribution in [2.24, 2.45) is 5.41 Å². The summed E-state index contributed by atoms with van der Waals surface area (Å²) < 4.78 is 20.3. The first-order valence-corrected chi connectivity index (χ1v) is 8.86. The minimum absolute atomic E-state index is 0.0600. The van der Waals surface area contributed by atoms with Gasteiger partial charge in [-0.15, -0.1) is 0 Å². The molecule has 0 bridgehead atoms. The summed E-state index contributed by atoms with van der Waals surface area (Å²) in [4.78, 5) is 22.9. The second-order valence-electron chi connectivity index (χ2n) is 7.08. The lowest BCUT2D eigenvalue weighted by Crippen LogP contribution is -2.67. The molecule has 1 aromatic heterocycles. The first-order chi connectivity index (χ1) is 12.1. The summed E-state index contributed by atoms with van der Waals surface area (Å²) in [7, 11) is 1.77. The van der Waals surface area contributed by atoms with Crippen LogP contribution in [0.4, 0.5) is 4.39 Å². The number of hydrogen-bond donors (Lipinski definition) is 0. The number of carbonyl (C=O) groups excluding carboxylic acids is 1. The highest BCUT2D eigenvalue weighted by Crippen LogP contribution is 2.59. The van der Waals surface area contributed by atoms with Crippen LogP contribution in [0.15, 0.2) is 24.5 Å². The number of carbonyl (C=O) groups is 1. The number of amides is 1. The summed E-state index contributed by atoms with van der Waals surface area (Å²) >= 11 is 0. The van der Waals surface area contributed by atoms with E-state index in [0.29, 0.717) is 17.6 Å². The van der Waals surface area contributed by atoms with E-state index in [4.69, 9.17) is 4.74 Å². The third kappa shape index (κ3) is 2.42. The van der Waals surface area contributed by atoms with Crippen LogP contribution >= 0.6 is 0 Å². The van der Waals surface area contributed by atoms with Crippen molar-refractivity contribution >= 4 is 16.9 Å². The van der Waals surface area contributed by atoms with Crippen molar-refractivity contribution in [2.75, 3.05) is 13.7 Å². The van der Waals surface area contributed by atoms with Crippen LogP contribution < -0.4 is 0 Å². The normalized spacial score (nSPS) is 24.0. The zero-order valence-corrected chi connectivity index (χ0v) is 14.5. The maximum Gasteiger partial charge on any atom is 0.256 e. The average Bonchev–Trinajstić information content (AvgIpc) is 2.55. The van der Waals surface area contributed by atoms with Gasteiger partial charge in [0, 0.05) is 43.6 Å². The molecule has 2 atom stereocenters. The van der Waals surface area contributed by atoms with Gasteiger partial charge in [0.25, 0.3) is 5.91 Å². The molecule has 1 aromatic carbocycles. The molecule has 0 saturated heterocycles. The van der Waals surface area contributed by atoms with Gasteiger partial charge < -0.3 is 9.64 Å². The average molecular weight is 343 g/mol. The fraction of sp³-hybridized carbons (Fsp3) is 0.526. The first kappa shape index (κ1) is 16.4. The molecule has 0 radical (unpaired) electrons. The highest BCUT2D eigenvalue weighted by molar-refractivity contribution is 5.97. The monoisotopic (exact) mass is 343 g/mol. The molecule has 25 heavy (non-hydrogen) atoms. The number of aromatic nitrogens is 2. The minimum Gasteiger partial charge on any atom is -0.378 e. The summed E-state index contributed by atoms with van der Waals surface area (Å²) in [6.45, 7) is 2.69. The van der Waals surface area contributed by atoms with Gasteiger partial charge in [-0.1, -0.05) is 6.42 Å². The standard InChI is InChI=1S/C19H22FN3O2/c1-3-25-17-11-16(19(17)5-4-6-19)23(2)18(24)12-9-14-15(10-13(12)20)22-8-7-21-14/h7-10,16-17H,3-6,11H2,1-2H3/t16-,17+/m1/s1. The largest absolute Gasteiger partial charge is 0.378 e. The second kappa shape index (κ2) is 6.02. The fourth-order valence-corrected chi connectivity index (χ4v) is 4.43. The lowest BCUT2D eigenvalue weighted by atomic mass is 9.50. The van der Waals surface area contributed by atoms with Crippen molar-refractivity contribution in [3.05, 3.63) is 35.9 Å². The summed E-state index contributed by atoms with van der Waals surface area (Å²) in [5.74, 6) is -0.843. The van der Waals surface area contributed by atoms with E-state index in [1.807, 2.05) is 6.92 Å². The van der Waals surface area contributed by atoms with Crippen molar-refractivity contribution in [3.8, 4) is 0 Å². The molecule has 1 heterocycles. The van der Waals surface area contributed by atoms with Gasteiger partial charge in [-0.3, -0.25) is 14.8 Å². The molecule has 2 aliphatic carbocycles. The third-order valence-electron chi connectivity index (χ3n) is 5.97. The van der Waals surface area contributed by atoms with Crippen LogP contribution in [0.2, 0.25) is 0 Å². The molecule has 132 valence electrons. The summed E-state index contributed by atoms with van der Waals surface area (Å²) in [6, 6.07) is 2.90. The van der Waals surface area contributed by atoms with Crippen molar-refractivity contribution < 1.29 is 13.9 Å². The van der Waals surface area contributed by atoms with E-state index in [1.54, 1.807) is 18.1 Å². The Labute approximate surface area is 146 Å². The number of halogens is 1. The molecule has 1 spiro atoms. The Bertz CT molecular complexity index is 821. The number of hydrogen-bond acceptors (Lipinski definition) is 4. The molecule has 2 aliphatic rings. The molecule has 6 heteroatoms. The van der Waals surface area contributed by atoms with Gasteiger partial charge >= 0.3 is 0 Å². The van der Waals surface area contributed by atoms with E-state index in [2.05, 4.69) is 9.97 Å². The van der Waals surface area contributed by atoms with Gasteiger partial charge in [-0.2, -0.15) is 0 Å². The number of benzene rings is 1. The van der Waals surface area contributed by atoms with E-state index in [0.717, 1.165) is 19.3 Å². The quantitative estimate of drug-likeness (QED) is 0.855. The van der Waals surface area contributed by atoms with Gasteiger partial charge in [0.2, 0.25) is 0 Å². The van der Waals surface area contributed by atoms with Gasteiger partial charge in [0.15, 0.2) is 0 Å². The molecule has 0 N–H and O–H groups in total. The van der Waals surface area contributed by atoms with Crippen LogP contribution in [0, 0.1) is 11.2 Å². The molecule has 2 fully saturated rings. The SMILES string of the molecule is CCO[C@H]1C[C@@H](N(C)C(=O)c2cc3nccnc3cc2F)C12CCC2. The highest BCUT2D eigenvalue weighted by atomic mass is 19.1. The maximum absolute atomic E-state index is 14.5. The Hall–Kier alpha value is -2.08. The predicted octanol–water partition coefficient (Wildman–Crippen LogP) is 3.19. The van der Waals surface area contributed by atoms with Gasteiger partial charge in [-0.05, 0) is 32.3 Å². The number of rotatable bonds is 4. The first-order valence-electron chi connectivity index (χ1n) is 8.86. The van der Waals surface area contributed by atoms with Crippen LogP contribution in [-0.4, -0.2) is 46.6 Å². The molecule has 0 unspecified atom stereocenters. The topological polar surface area (TPSA) is 55.3 Å². The zero-order valence-electron chi connectivity index (χ0n) is 14.5. The van der Waals surface area contributed by atoms with Crippen molar-refractivity contribution in [1.29, 1.82) is 0 Å². The molecular weight excluding hydrogens is 321 g/mol. The van der Waals surface area contributed by atoms with Crippen molar-refractivity contribution in [1.82, 2.24) is 14.9 Å². The van der Waals surface area contributed by atoms with E-state index in [9.17, 15) is 9.18 Å². The summed E-state index contributed by atoms with van der Waals surface area (Å²) in [5, 5.41) is 0. The molecule has 5 nitrogen and oxygen atoms in total. The Kier molecular flexibility index (Phi) is 3.95. The number of fused-ring (bicyclic) bond motifs is 1. The maximum atomic E-state index is 14.5. The lowest BCUT2D eigenvalue weighted by Gasteiger charge is -2.63. The Morgan fingerprint density at radius 1 is 1.32 bits per heavy atom. The summed E-state index contributed by atoms with van der Waals surface area (Å²) in [5.41, 5.74) is 1.10. The van der Waals surface area contributed by atoms with Gasteiger partial charge in [0.05, 0.1) is 22.7 Å². The molecule has 4 rings (SSSR count). The Balaban J connectivity index is 1.60. The number of nitrogens with zero attached hydrogens (tertiary/aromatic N) is 3. The molecular formula is C19H22FN3O2. The van der Waals surface area contributed by atoms with E-state index in [1.165, 1.54) is 24.8 Å². The molecule has 1 amide bonds. The van der Waals surface area contributed by atoms with Crippen molar-refractivity contribution in [3.63, 3.8) is 0 Å². The lowest BCUT2D eigenvalue weighted by molar-refractivity contribution is -0.192. The van der Waals surface area contributed by atoms with Crippen LogP contribution in [0.3, 0.4) is 0 Å². The number of ether oxygens (including phenoxy) is 1. The van der Waals surface area contributed by atoms with Crippen LogP contribution in [0.25, 0.3) is 11.0 Å². The smallest absolute Gasteiger partial charge is 0.256 e. The van der Waals surface area contributed by atoms with Crippen molar-refractivity contribution in [2.45, 2.75) is 44.8 Å². The Morgan fingerprint density at radius 2 is 2.00 bits per heavy atom. The molecule has 0 aliphatic heterocycles. The van der Waals surface area contributed by atoms with Gasteiger partial charge in [0.1, 0.15) is 5.82 Å². The van der Waals surface area contributed by atoms with E-state index >= 15 is 0 Å². The van der Waals surface area contributed by atoms with Crippen LogP contribution in [0.5, 0.6) is 0 Å². The molecule has 2 aromatic rings.